The first-order valence-electron chi connectivity index (χ1n) is 4.50. The Bertz CT molecular complexity index is 311. The van der Waals surface area contributed by atoms with Crippen LogP contribution in [0.3, 0.4) is 0 Å². The molecule has 0 unspecified atom stereocenters. The van der Waals surface area contributed by atoms with Gasteiger partial charge in [-0.25, -0.2) is 5.84 Å². The Hall–Kier alpha value is -1.42. The van der Waals surface area contributed by atoms with Crippen LogP contribution in [-0.2, 0) is 0 Å². The molecular weight excluding hydrogens is 176 g/mol. The van der Waals surface area contributed by atoms with E-state index in [1.165, 1.54) is 0 Å². The number of nitrogens with two attached hydrogens (primary N) is 1. The molecule has 0 saturated heterocycles. The lowest BCUT2D eigenvalue weighted by Gasteiger charge is -2.15. The maximum absolute atomic E-state index is 5.40. The van der Waals surface area contributed by atoms with Gasteiger partial charge in [-0.15, -0.1) is 0 Å². The zero-order chi connectivity index (χ0) is 10.6. The Labute approximate surface area is 84.2 Å². The Morgan fingerprint density at radius 2 is 2.21 bits per heavy atom. The number of aliphatic imine (C=N–C) groups is 1. The van der Waals surface area contributed by atoms with Gasteiger partial charge in [-0.2, -0.15) is 0 Å². The molecular formula is C10H16N4. The summed E-state index contributed by atoms with van der Waals surface area (Å²) in [6.07, 6.45) is 3.44. The molecule has 1 rings (SSSR count). The van der Waals surface area contributed by atoms with Gasteiger partial charge in [0, 0.05) is 18.0 Å². The second-order valence-corrected chi connectivity index (χ2v) is 4.02. The number of rotatable bonds is 1. The van der Waals surface area contributed by atoms with E-state index in [1.54, 1.807) is 12.4 Å². The van der Waals surface area contributed by atoms with E-state index in [0.717, 1.165) is 5.56 Å². The van der Waals surface area contributed by atoms with Crippen LogP contribution < -0.4 is 11.3 Å². The number of amidine groups is 1. The summed E-state index contributed by atoms with van der Waals surface area (Å²) in [6.45, 7) is 6.04. The predicted molar refractivity (Wildman–Crippen MR) is 57.9 cm³/mol. The van der Waals surface area contributed by atoms with Crippen LogP contribution in [0.25, 0.3) is 0 Å². The summed E-state index contributed by atoms with van der Waals surface area (Å²) in [5, 5.41) is 0. The molecule has 1 aromatic rings. The van der Waals surface area contributed by atoms with Crippen LogP contribution in [0, 0.1) is 0 Å². The van der Waals surface area contributed by atoms with Gasteiger partial charge in [0.05, 0.1) is 5.54 Å². The van der Waals surface area contributed by atoms with Crippen molar-refractivity contribution in [2.45, 2.75) is 26.3 Å². The van der Waals surface area contributed by atoms with Gasteiger partial charge in [0.2, 0.25) is 0 Å². The minimum Gasteiger partial charge on any atom is -0.308 e. The minimum atomic E-state index is -0.155. The van der Waals surface area contributed by atoms with Crippen molar-refractivity contribution in [3.05, 3.63) is 30.1 Å². The van der Waals surface area contributed by atoms with E-state index < -0.39 is 0 Å². The van der Waals surface area contributed by atoms with Crippen LogP contribution >= 0.6 is 0 Å². The third-order valence-corrected chi connectivity index (χ3v) is 1.52. The van der Waals surface area contributed by atoms with Gasteiger partial charge in [0.25, 0.3) is 0 Å². The van der Waals surface area contributed by atoms with Crippen LogP contribution in [0.5, 0.6) is 0 Å². The summed E-state index contributed by atoms with van der Waals surface area (Å²) in [5.74, 6) is 6.06. The van der Waals surface area contributed by atoms with Crippen molar-refractivity contribution in [1.29, 1.82) is 0 Å². The van der Waals surface area contributed by atoms with Crippen LogP contribution in [0.1, 0.15) is 26.3 Å². The smallest absolute Gasteiger partial charge is 0.144 e. The average Bonchev–Trinajstić information content (AvgIpc) is 2.14. The van der Waals surface area contributed by atoms with E-state index in [9.17, 15) is 0 Å². The standard InChI is InChI=1S/C10H16N4/c1-10(2,3)13-9(14-11)8-5-4-6-12-7-8/h4-7H,11H2,1-3H3,(H,13,14). The summed E-state index contributed by atoms with van der Waals surface area (Å²) < 4.78 is 0. The Morgan fingerprint density at radius 3 is 2.64 bits per heavy atom. The van der Waals surface area contributed by atoms with E-state index in [1.807, 2.05) is 32.9 Å². The molecule has 0 spiro atoms. The number of hydrogen-bond acceptors (Lipinski definition) is 3. The first-order chi connectivity index (χ1) is 6.53. The maximum atomic E-state index is 5.40. The molecule has 0 aliphatic rings. The van der Waals surface area contributed by atoms with Crippen molar-refractivity contribution in [1.82, 2.24) is 10.4 Å². The fourth-order valence-corrected chi connectivity index (χ4v) is 1.02. The van der Waals surface area contributed by atoms with Gasteiger partial charge in [-0.3, -0.25) is 9.98 Å². The van der Waals surface area contributed by atoms with Crippen molar-refractivity contribution in [2.75, 3.05) is 0 Å². The zero-order valence-electron chi connectivity index (χ0n) is 8.78. The topological polar surface area (TPSA) is 63.3 Å². The van der Waals surface area contributed by atoms with Crippen molar-refractivity contribution in [3.63, 3.8) is 0 Å². The molecule has 0 fully saturated rings. The molecule has 0 bridgehead atoms. The van der Waals surface area contributed by atoms with Gasteiger partial charge >= 0.3 is 0 Å². The molecule has 4 heteroatoms. The van der Waals surface area contributed by atoms with E-state index in [2.05, 4.69) is 15.4 Å². The molecule has 4 nitrogen and oxygen atoms in total. The van der Waals surface area contributed by atoms with Crippen molar-refractivity contribution >= 4 is 5.84 Å². The Morgan fingerprint density at radius 1 is 1.50 bits per heavy atom. The maximum Gasteiger partial charge on any atom is 0.144 e. The molecule has 1 aromatic heterocycles. The monoisotopic (exact) mass is 192 g/mol. The van der Waals surface area contributed by atoms with Gasteiger partial charge in [0.15, 0.2) is 0 Å². The van der Waals surface area contributed by atoms with E-state index in [4.69, 9.17) is 5.84 Å². The number of nitrogens with zero attached hydrogens (tertiary/aromatic N) is 2. The normalized spacial score (nSPS) is 12.7. The van der Waals surface area contributed by atoms with Crippen molar-refractivity contribution in [2.24, 2.45) is 10.8 Å². The molecule has 0 aliphatic heterocycles. The molecule has 1 heterocycles. The summed E-state index contributed by atoms with van der Waals surface area (Å²) in [6, 6.07) is 3.77. The molecule has 76 valence electrons. The van der Waals surface area contributed by atoms with E-state index >= 15 is 0 Å². The molecule has 0 aromatic carbocycles. The van der Waals surface area contributed by atoms with Gasteiger partial charge in [-0.05, 0) is 32.9 Å². The number of nitrogens with one attached hydrogen (secondary N) is 1. The third kappa shape index (κ3) is 3.14. The van der Waals surface area contributed by atoms with Crippen molar-refractivity contribution in [3.8, 4) is 0 Å². The summed E-state index contributed by atoms with van der Waals surface area (Å²) in [7, 11) is 0. The second-order valence-electron chi connectivity index (χ2n) is 4.02. The lowest BCUT2D eigenvalue weighted by Crippen LogP contribution is -2.33. The highest BCUT2D eigenvalue weighted by Crippen LogP contribution is 2.08. The van der Waals surface area contributed by atoms with Gasteiger partial charge < -0.3 is 5.43 Å². The van der Waals surface area contributed by atoms with Crippen LogP contribution in [0.4, 0.5) is 0 Å². The highest BCUT2D eigenvalue weighted by molar-refractivity contribution is 5.98. The molecule has 0 atom stereocenters. The molecule has 14 heavy (non-hydrogen) atoms. The van der Waals surface area contributed by atoms with Crippen molar-refractivity contribution < 1.29 is 0 Å². The first kappa shape index (κ1) is 10.7. The van der Waals surface area contributed by atoms with E-state index in [-0.39, 0.29) is 5.54 Å². The van der Waals surface area contributed by atoms with Gasteiger partial charge in [0.1, 0.15) is 5.84 Å². The lowest BCUT2D eigenvalue weighted by atomic mass is 10.1. The minimum absolute atomic E-state index is 0.155. The fourth-order valence-electron chi connectivity index (χ4n) is 1.02. The largest absolute Gasteiger partial charge is 0.308 e. The lowest BCUT2D eigenvalue weighted by molar-refractivity contribution is 0.580. The van der Waals surface area contributed by atoms with Crippen LogP contribution in [0.15, 0.2) is 29.5 Å². The molecule has 0 aliphatic carbocycles. The number of hydrogen-bond donors (Lipinski definition) is 2. The van der Waals surface area contributed by atoms with E-state index in [0.29, 0.717) is 5.84 Å². The number of hydrazine groups is 1. The fraction of sp³-hybridized carbons (Fsp3) is 0.400. The Balaban J connectivity index is 3.00. The van der Waals surface area contributed by atoms with Gasteiger partial charge in [-0.1, -0.05) is 0 Å². The molecule has 0 saturated carbocycles. The molecule has 0 radical (unpaired) electrons. The zero-order valence-corrected chi connectivity index (χ0v) is 8.78. The summed E-state index contributed by atoms with van der Waals surface area (Å²) in [5.41, 5.74) is 3.32. The molecule has 3 N–H and O–H groups in total. The molecule has 0 amide bonds. The quantitative estimate of drug-likeness (QED) is 0.303. The van der Waals surface area contributed by atoms with Crippen LogP contribution in [-0.4, -0.2) is 16.4 Å². The first-order valence-corrected chi connectivity index (χ1v) is 4.50. The SMILES string of the molecule is CC(C)(C)N=C(NN)c1cccnc1. The van der Waals surface area contributed by atoms with Crippen LogP contribution in [0.2, 0.25) is 0 Å². The second kappa shape index (κ2) is 4.19. The number of aromatic nitrogens is 1. The highest BCUT2D eigenvalue weighted by Gasteiger charge is 2.10. The average molecular weight is 192 g/mol. The predicted octanol–water partition coefficient (Wildman–Crippen LogP) is 1.09. The summed E-state index contributed by atoms with van der Waals surface area (Å²) >= 11 is 0. The Kier molecular flexibility index (Phi) is 3.19. The highest BCUT2D eigenvalue weighted by atomic mass is 15.3. The number of pyridine rings is 1. The summed E-state index contributed by atoms with van der Waals surface area (Å²) in [4.78, 5) is 8.45. The third-order valence-electron chi connectivity index (χ3n) is 1.52.